The van der Waals surface area contributed by atoms with Gasteiger partial charge in [-0.2, -0.15) is 0 Å². The number of aliphatic hydroxyl groups excluding tert-OH is 1. The van der Waals surface area contributed by atoms with Crippen LogP contribution in [0.2, 0.25) is 0 Å². The number of hydrogen-bond acceptors (Lipinski definition) is 3. The fraction of sp³-hybridized carbons (Fsp3) is 0.125. The molecule has 0 aliphatic rings. The lowest BCUT2D eigenvalue weighted by atomic mass is 10.2. The predicted octanol–water partition coefficient (Wildman–Crippen LogP) is 2.59. The number of hydrogen-bond donors (Lipinski definition) is 2. The first-order chi connectivity index (χ1) is 9.24. The second kappa shape index (κ2) is 6.73. The zero-order valence-electron chi connectivity index (χ0n) is 10.4. The van der Waals surface area contributed by atoms with Gasteiger partial charge in [0.1, 0.15) is 12.4 Å². The highest BCUT2D eigenvalue weighted by Crippen LogP contribution is 2.15. The van der Waals surface area contributed by atoms with E-state index in [2.05, 4.69) is 0 Å². The molecule has 0 radical (unpaired) electrons. The molecule has 19 heavy (non-hydrogen) atoms. The minimum absolute atomic E-state index is 0.533. The Morgan fingerprint density at radius 3 is 2.26 bits per heavy atom. The second-order valence-corrected chi connectivity index (χ2v) is 4.12. The van der Waals surface area contributed by atoms with Crippen LogP contribution in [0.15, 0.2) is 60.7 Å². The van der Waals surface area contributed by atoms with Gasteiger partial charge >= 0.3 is 0 Å². The summed E-state index contributed by atoms with van der Waals surface area (Å²) in [7, 11) is 0. The molecule has 0 atom stereocenters. The summed E-state index contributed by atoms with van der Waals surface area (Å²) in [4.78, 5) is 0. The molecule has 0 fully saturated rings. The first kappa shape index (κ1) is 13.3. The maximum Gasteiger partial charge on any atom is 0.171 e. The van der Waals surface area contributed by atoms with Crippen LogP contribution < -0.4 is 4.74 Å². The zero-order valence-corrected chi connectivity index (χ0v) is 10.4. The largest absolute Gasteiger partial charge is 0.489 e. The van der Waals surface area contributed by atoms with E-state index in [9.17, 15) is 0 Å². The molecule has 0 saturated heterocycles. The predicted molar refractivity (Wildman–Crippen MR) is 74.5 cm³/mol. The fourth-order valence-corrected chi connectivity index (χ4v) is 1.61. The van der Waals surface area contributed by atoms with Gasteiger partial charge in [0.2, 0.25) is 0 Å². The Labute approximate surface area is 112 Å². The van der Waals surface area contributed by atoms with E-state index < -0.39 is 6.29 Å². The first-order valence-electron chi connectivity index (χ1n) is 6.05. The van der Waals surface area contributed by atoms with Crippen molar-refractivity contribution < 1.29 is 14.9 Å². The molecule has 0 aromatic heterocycles. The van der Waals surface area contributed by atoms with Crippen molar-refractivity contribution in [3.05, 3.63) is 71.8 Å². The van der Waals surface area contributed by atoms with Crippen LogP contribution in [0, 0.1) is 0 Å². The van der Waals surface area contributed by atoms with Gasteiger partial charge in [0.15, 0.2) is 6.29 Å². The van der Waals surface area contributed by atoms with Crippen LogP contribution >= 0.6 is 0 Å². The van der Waals surface area contributed by atoms with E-state index in [1.54, 1.807) is 6.08 Å². The molecule has 0 aliphatic heterocycles. The minimum Gasteiger partial charge on any atom is -0.489 e. The summed E-state index contributed by atoms with van der Waals surface area (Å²) in [5.41, 5.74) is 2.01. The van der Waals surface area contributed by atoms with Crippen LogP contribution in [-0.4, -0.2) is 16.5 Å². The summed E-state index contributed by atoms with van der Waals surface area (Å²) in [5, 5.41) is 17.4. The Morgan fingerprint density at radius 1 is 0.947 bits per heavy atom. The van der Waals surface area contributed by atoms with Crippen molar-refractivity contribution in [2.75, 3.05) is 0 Å². The molecule has 0 saturated carbocycles. The van der Waals surface area contributed by atoms with Crippen molar-refractivity contribution in [3.63, 3.8) is 0 Å². The van der Waals surface area contributed by atoms with Gasteiger partial charge in [0.05, 0.1) is 0 Å². The SMILES string of the molecule is OC(O)C=Cc1ccc(OCc2ccccc2)cc1. The average Bonchev–Trinajstić information content (AvgIpc) is 2.45. The summed E-state index contributed by atoms with van der Waals surface area (Å²) in [6, 6.07) is 17.4. The third-order valence-electron chi connectivity index (χ3n) is 2.59. The molecular weight excluding hydrogens is 240 g/mol. The topological polar surface area (TPSA) is 49.7 Å². The lowest BCUT2D eigenvalue weighted by Gasteiger charge is -2.06. The summed E-state index contributed by atoms with van der Waals surface area (Å²) >= 11 is 0. The smallest absolute Gasteiger partial charge is 0.171 e. The maximum absolute atomic E-state index is 8.72. The van der Waals surface area contributed by atoms with E-state index in [1.165, 1.54) is 6.08 Å². The Morgan fingerprint density at radius 2 is 1.63 bits per heavy atom. The van der Waals surface area contributed by atoms with E-state index >= 15 is 0 Å². The van der Waals surface area contributed by atoms with Crippen LogP contribution in [0.5, 0.6) is 5.75 Å². The molecule has 2 aromatic carbocycles. The van der Waals surface area contributed by atoms with E-state index in [0.29, 0.717) is 6.61 Å². The molecule has 0 spiro atoms. The van der Waals surface area contributed by atoms with Gasteiger partial charge < -0.3 is 14.9 Å². The summed E-state index contributed by atoms with van der Waals surface area (Å²) < 4.78 is 5.65. The van der Waals surface area contributed by atoms with E-state index in [0.717, 1.165) is 16.9 Å². The van der Waals surface area contributed by atoms with Crippen LogP contribution in [0.1, 0.15) is 11.1 Å². The van der Waals surface area contributed by atoms with E-state index in [-0.39, 0.29) is 0 Å². The number of benzene rings is 2. The van der Waals surface area contributed by atoms with Crippen LogP contribution in [0.4, 0.5) is 0 Å². The fourth-order valence-electron chi connectivity index (χ4n) is 1.61. The summed E-state index contributed by atoms with van der Waals surface area (Å²) in [6.07, 6.45) is 1.53. The van der Waals surface area contributed by atoms with Gasteiger partial charge in [-0.1, -0.05) is 48.5 Å². The average molecular weight is 256 g/mol. The highest BCUT2D eigenvalue weighted by Gasteiger charge is 1.96. The normalized spacial score (nSPS) is 11.1. The molecule has 0 heterocycles. The molecule has 98 valence electrons. The van der Waals surface area contributed by atoms with Gasteiger partial charge in [0, 0.05) is 0 Å². The number of aliphatic hydroxyl groups is 2. The molecule has 0 aliphatic carbocycles. The molecule has 0 unspecified atom stereocenters. The zero-order chi connectivity index (χ0) is 13.5. The molecule has 3 heteroatoms. The van der Waals surface area contributed by atoms with E-state index in [1.807, 2.05) is 54.6 Å². The molecular formula is C16H16O3. The summed E-state index contributed by atoms with van der Waals surface area (Å²) in [5.74, 6) is 0.783. The number of ether oxygens (including phenoxy) is 1. The Hall–Kier alpha value is -2.10. The van der Waals surface area contributed by atoms with E-state index in [4.69, 9.17) is 14.9 Å². The maximum atomic E-state index is 8.72. The van der Waals surface area contributed by atoms with Gasteiger partial charge in [-0.25, -0.2) is 0 Å². The van der Waals surface area contributed by atoms with Gasteiger partial charge in [-0.3, -0.25) is 0 Å². The minimum atomic E-state index is -1.42. The second-order valence-electron chi connectivity index (χ2n) is 4.12. The lowest BCUT2D eigenvalue weighted by molar-refractivity contribution is 0.00304. The molecule has 3 nitrogen and oxygen atoms in total. The first-order valence-corrected chi connectivity index (χ1v) is 6.05. The molecule has 2 N–H and O–H groups in total. The van der Waals surface area contributed by atoms with Crippen LogP contribution in [-0.2, 0) is 6.61 Å². The van der Waals surface area contributed by atoms with Crippen LogP contribution in [0.25, 0.3) is 6.08 Å². The van der Waals surface area contributed by atoms with Crippen molar-refractivity contribution in [2.45, 2.75) is 12.9 Å². The molecule has 2 rings (SSSR count). The Kier molecular flexibility index (Phi) is 4.72. The standard InChI is InChI=1S/C16H16O3/c17-16(18)11-8-13-6-9-15(10-7-13)19-12-14-4-2-1-3-5-14/h1-11,16-18H,12H2. The van der Waals surface area contributed by atoms with Gasteiger partial charge in [-0.15, -0.1) is 0 Å². The quantitative estimate of drug-likeness (QED) is 0.808. The molecule has 0 bridgehead atoms. The number of rotatable bonds is 5. The van der Waals surface area contributed by atoms with Gasteiger partial charge in [-0.05, 0) is 29.3 Å². The van der Waals surface area contributed by atoms with Crippen molar-refractivity contribution in [1.29, 1.82) is 0 Å². The highest BCUT2D eigenvalue weighted by atomic mass is 16.5. The van der Waals surface area contributed by atoms with Crippen molar-refractivity contribution in [2.24, 2.45) is 0 Å². The van der Waals surface area contributed by atoms with Crippen LogP contribution in [0.3, 0.4) is 0 Å². The highest BCUT2D eigenvalue weighted by molar-refractivity contribution is 5.50. The third kappa shape index (κ3) is 4.58. The van der Waals surface area contributed by atoms with Gasteiger partial charge in [0.25, 0.3) is 0 Å². The van der Waals surface area contributed by atoms with Crippen molar-refractivity contribution >= 4 is 6.08 Å². The summed E-state index contributed by atoms with van der Waals surface area (Å²) in [6.45, 7) is 0.533. The lowest BCUT2D eigenvalue weighted by Crippen LogP contribution is -1.97. The third-order valence-corrected chi connectivity index (χ3v) is 2.59. The Balaban J connectivity index is 1.92. The van der Waals surface area contributed by atoms with Crippen molar-refractivity contribution in [3.8, 4) is 5.75 Å². The molecule has 0 amide bonds. The van der Waals surface area contributed by atoms with Crippen molar-refractivity contribution in [1.82, 2.24) is 0 Å². The Bertz CT molecular complexity index is 515. The monoisotopic (exact) mass is 256 g/mol. The molecule has 2 aromatic rings.